The molecule has 1 aliphatic heterocycles. The molecule has 9 heteroatoms. The number of aromatic nitrogens is 4. The van der Waals surface area contributed by atoms with Crippen LogP contribution in [0.5, 0.6) is 0 Å². The van der Waals surface area contributed by atoms with Crippen LogP contribution in [0.1, 0.15) is 24.1 Å². The third-order valence-corrected chi connectivity index (χ3v) is 7.27. The molecule has 8 nitrogen and oxygen atoms in total. The SMILES string of the molecule is Cc1ccc(-c2nnc3c4ccccc4c(C)nn23)cc1S(=O)(=O)NCC1CCCO1. The lowest BCUT2D eigenvalue weighted by molar-refractivity contribution is 0.114. The zero-order valence-electron chi connectivity index (χ0n) is 17.4. The largest absolute Gasteiger partial charge is 0.377 e. The molecule has 1 unspecified atom stereocenters. The van der Waals surface area contributed by atoms with E-state index in [0.29, 0.717) is 29.2 Å². The predicted molar refractivity (Wildman–Crippen MR) is 117 cm³/mol. The first-order valence-corrected chi connectivity index (χ1v) is 11.8. The summed E-state index contributed by atoms with van der Waals surface area (Å²) in [6.07, 6.45) is 1.76. The monoisotopic (exact) mass is 437 g/mol. The summed E-state index contributed by atoms with van der Waals surface area (Å²) in [5.41, 5.74) is 2.78. The van der Waals surface area contributed by atoms with E-state index in [-0.39, 0.29) is 17.5 Å². The van der Waals surface area contributed by atoms with Gasteiger partial charge in [0, 0.05) is 29.5 Å². The number of hydrogen-bond acceptors (Lipinski definition) is 6. The summed E-state index contributed by atoms with van der Waals surface area (Å²) >= 11 is 0. The molecule has 0 bridgehead atoms. The zero-order valence-corrected chi connectivity index (χ0v) is 18.2. The van der Waals surface area contributed by atoms with Crippen LogP contribution >= 0.6 is 0 Å². The van der Waals surface area contributed by atoms with Gasteiger partial charge in [-0.2, -0.15) is 9.61 Å². The van der Waals surface area contributed by atoms with Gasteiger partial charge in [0.1, 0.15) is 0 Å². The summed E-state index contributed by atoms with van der Waals surface area (Å²) in [6, 6.07) is 13.2. The molecule has 0 spiro atoms. The predicted octanol–water partition coefficient (Wildman–Crippen LogP) is 3.02. The molecule has 0 aliphatic carbocycles. The summed E-state index contributed by atoms with van der Waals surface area (Å²) in [5.74, 6) is 0.499. The van der Waals surface area contributed by atoms with E-state index in [1.54, 1.807) is 23.6 Å². The van der Waals surface area contributed by atoms with Crippen molar-refractivity contribution in [3.63, 3.8) is 0 Å². The number of aryl methyl sites for hydroxylation is 2. The minimum Gasteiger partial charge on any atom is -0.377 e. The molecule has 1 N–H and O–H groups in total. The number of benzene rings is 2. The van der Waals surface area contributed by atoms with Crippen molar-refractivity contribution in [2.45, 2.75) is 37.7 Å². The van der Waals surface area contributed by atoms with Gasteiger partial charge in [0.15, 0.2) is 11.5 Å². The van der Waals surface area contributed by atoms with Gasteiger partial charge in [0.25, 0.3) is 0 Å². The molecule has 2 aromatic carbocycles. The summed E-state index contributed by atoms with van der Waals surface area (Å²) in [6.45, 7) is 4.67. The van der Waals surface area contributed by atoms with E-state index < -0.39 is 10.0 Å². The normalized spacial score (nSPS) is 17.0. The van der Waals surface area contributed by atoms with Crippen LogP contribution in [-0.4, -0.2) is 47.5 Å². The van der Waals surface area contributed by atoms with E-state index >= 15 is 0 Å². The maximum atomic E-state index is 13.0. The molecular weight excluding hydrogens is 414 g/mol. The third kappa shape index (κ3) is 3.58. The minimum atomic E-state index is -3.70. The van der Waals surface area contributed by atoms with Crippen LogP contribution < -0.4 is 4.72 Å². The first-order chi connectivity index (χ1) is 14.9. The second-order valence-electron chi connectivity index (χ2n) is 7.86. The van der Waals surface area contributed by atoms with Gasteiger partial charge in [-0.25, -0.2) is 13.1 Å². The molecule has 31 heavy (non-hydrogen) atoms. The van der Waals surface area contributed by atoms with Crippen LogP contribution in [-0.2, 0) is 14.8 Å². The number of rotatable bonds is 5. The fraction of sp³-hybridized carbons (Fsp3) is 0.318. The Labute approximate surface area is 180 Å². The maximum absolute atomic E-state index is 13.0. The van der Waals surface area contributed by atoms with E-state index in [1.807, 2.05) is 37.3 Å². The lowest BCUT2D eigenvalue weighted by Gasteiger charge is -2.13. The molecule has 1 fully saturated rings. The molecule has 3 heterocycles. The minimum absolute atomic E-state index is 0.0702. The Morgan fingerprint density at radius 3 is 2.71 bits per heavy atom. The highest BCUT2D eigenvalue weighted by Crippen LogP contribution is 2.27. The maximum Gasteiger partial charge on any atom is 0.240 e. The summed E-state index contributed by atoms with van der Waals surface area (Å²) in [5, 5.41) is 15.3. The van der Waals surface area contributed by atoms with Crippen molar-refractivity contribution in [2.75, 3.05) is 13.2 Å². The summed E-state index contributed by atoms with van der Waals surface area (Å²) in [7, 11) is -3.70. The Hall–Kier alpha value is -2.88. The second-order valence-corrected chi connectivity index (χ2v) is 9.59. The van der Waals surface area contributed by atoms with Gasteiger partial charge in [-0.15, -0.1) is 10.2 Å². The lowest BCUT2D eigenvalue weighted by atomic mass is 10.1. The van der Waals surface area contributed by atoms with Crippen molar-refractivity contribution >= 4 is 26.4 Å². The number of nitrogens with one attached hydrogen (secondary N) is 1. The molecule has 4 aromatic rings. The van der Waals surface area contributed by atoms with E-state index in [2.05, 4.69) is 20.0 Å². The molecule has 2 aromatic heterocycles. The van der Waals surface area contributed by atoms with Gasteiger partial charge >= 0.3 is 0 Å². The van der Waals surface area contributed by atoms with Crippen molar-refractivity contribution in [2.24, 2.45) is 0 Å². The van der Waals surface area contributed by atoms with Gasteiger partial charge in [0.2, 0.25) is 10.0 Å². The van der Waals surface area contributed by atoms with Gasteiger partial charge in [0.05, 0.1) is 16.7 Å². The summed E-state index contributed by atoms with van der Waals surface area (Å²) < 4.78 is 35.9. The molecular formula is C22H23N5O3S. The third-order valence-electron chi connectivity index (χ3n) is 5.71. The lowest BCUT2D eigenvalue weighted by Crippen LogP contribution is -2.32. The molecule has 0 saturated carbocycles. The van der Waals surface area contributed by atoms with Crippen molar-refractivity contribution in [1.82, 2.24) is 24.5 Å². The van der Waals surface area contributed by atoms with Gasteiger partial charge in [-0.05, 0) is 38.3 Å². The van der Waals surface area contributed by atoms with Crippen molar-refractivity contribution < 1.29 is 13.2 Å². The van der Waals surface area contributed by atoms with E-state index in [1.165, 1.54) is 0 Å². The number of nitrogens with zero attached hydrogens (tertiary/aromatic N) is 4. The van der Waals surface area contributed by atoms with Crippen LogP contribution in [0.15, 0.2) is 47.4 Å². The van der Waals surface area contributed by atoms with E-state index in [0.717, 1.165) is 29.3 Å². The molecule has 5 rings (SSSR count). The van der Waals surface area contributed by atoms with Gasteiger partial charge in [-0.3, -0.25) is 0 Å². The highest BCUT2D eigenvalue weighted by molar-refractivity contribution is 7.89. The van der Waals surface area contributed by atoms with Crippen LogP contribution in [0.4, 0.5) is 0 Å². The Morgan fingerprint density at radius 1 is 1.13 bits per heavy atom. The highest BCUT2D eigenvalue weighted by atomic mass is 32.2. The number of hydrogen-bond donors (Lipinski definition) is 1. The molecule has 160 valence electrons. The zero-order chi connectivity index (χ0) is 21.6. The highest BCUT2D eigenvalue weighted by Gasteiger charge is 2.23. The Kier molecular flexibility index (Phi) is 4.96. The second kappa shape index (κ2) is 7.67. The topological polar surface area (TPSA) is 98.5 Å². The molecule has 1 aliphatic rings. The quantitative estimate of drug-likeness (QED) is 0.515. The van der Waals surface area contributed by atoms with Crippen LogP contribution in [0, 0.1) is 13.8 Å². The smallest absolute Gasteiger partial charge is 0.240 e. The van der Waals surface area contributed by atoms with Crippen molar-refractivity contribution in [3.8, 4) is 11.4 Å². The van der Waals surface area contributed by atoms with Crippen LogP contribution in [0.2, 0.25) is 0 Å². The van der Waals surface area contributed by atoms with Crippen LogP contribution in [0.3, 0.4) is 0 Å². The standard InChI is InChI=1S/C22H23N5O3S/c1-14-9-10-16(12-20(14)31(28,29)23-13-17-6-5-11-30-17)21-24-25-22-19-8-4-3-7-18(19)15(2)26-27(21)22/h3-4,7-10,12,17,23H,5-6,11,13H2,1-2H3. The van der Waals surface area contributed by atoms with E-state index in [4.69, 9.17) is 4.74 Å². The van der Waals surface area contributed by atoms with E-state index in [9.17, 15) is 8.42 Å². The summed E-state index contributed by atoms with van der Waals surface area (Å²) in [4.78, 5) is 0.220. The number of ether oxygens (including phenoxy) is 1. The Bertz CT molecular complexity index is 1390. The molecule has 0 amide bonds. The first kappa shape index (κ1) is 20.0. The average molecular weight is 438 g/mol. The van der Waals surface area contributed by atoms with Gasteiger partial charge in [-0.1, -0.05) is 36.4 Å². The van der Waals surface area contributed by atoms with Crippen molar-refractivity contribution in [1.29, 1.82) is 0 Å². The number of sulfonamides is 1. The Balaban J connectivity index is 1.56. The molecule has 0 radical (unpaired) electrons. The average Bonchev–Trinajstić information content (AvgIpc) is 3.43. The first-order valence-electron chi connectivity index (χ1n) is 10.3. The van der Waals surface area contributed by atoms with Gasteiger partial charge < -0.3 is 4.74 Å². The van der Waals surface area contributed by atoms with Crippen LogP contribution in [0.25, 0.3) is 27.8 Å². The fourth-order valence-electron chi connectivity index (χ4n) is 4.03. The fourth-order valence-corrected chi connectivity index (χ4v) is 5.37. The van der Waals surface area contributed by atoms with Crippen molar-refractivity contribution in [3.05, 3.63) is 53.7 Å². The molecule has 1 saturated heterocycles. The Morgan fingerprint density at radius 2 is 1.94 bits per heavy atom. The number of fused-ring (bicyclic) bond motifs is 3. The molecule has 1 atom stereocenters.